The number of sulfonamides is 1. The number of fused-ring (bicyclic) bond motifs is 1. The lowest BCUT2D eigenvalue weighted by Gasteiger charge is -2.33. The third-order valence-corrected chi connectivity index (χ3v) is 7.17. The van der Waals surface area contributed by atoms with Gasteiger partial charge in [0.2, 0.25) is 16.8 Å². The van der Waals surface area contributed by atoms with Crippen molar-refractivity contribution in [2.45, 2.75) is 4.90 Å². The standard InChI is InChI=1S/C19H20N6O5S/c1-23-11-14(10-20-23)31(27,28)25-6-4-24(5-7-25)19(26)16-9-15(21-22-16)13-2-3-17-18(8-13)30-12-29-17/h2-3,8-11H,4-7,12H2,1H3,(H,21,22). The molecule has 2 aromatic heterocycles. The highest BCUT2D eigenvalue weighted by molar-refractivity contribution is 7.89. The zero-order chi connectivity index (χ0) is 21.6. The molecule has 2 aliphatic rings. The van der Waals surface area contributed by atoms with Gasteiger partial charge >= 0.3 is 0 Å². The molecule has 0 radical (unpaired) electrons. The Bertz CT molecular complexity index is 1240. The van der Waals surface area contributed by atoms with Gasteiger partial charge in [-0.3, -0.25) is 14.6 Å². The molecule has 3 aromatic rings. The van der Waals surface area contributed by atoms with Gasteiger partial charge in [0.15, 0.2) is 11.5 Å². The number of rotatable bonds is 4. The van der Waals surface area contributed by atoms with Crippen LogP contribution < -0.4 is 9.47 Å². The lowest BCUT2D eigenvalue weighted by molar-refractivity contribution is 0.0692. The Morgan fingerprint density at radius 3 is 2.61 bits per heavy atom. The van der Waals surface area contributed by atoms with Gasteiger partial charge in [0.25, 0.3) is 5.91 Å². The van der Waals surface area contributed by atoms with Crippen molar-refractivity contribution in [2.24, 2.45) is 7.05 Å². The molecular weight excluding hydrogens is 424 g/mol. The van der Waals surface area contributed by atoms with Crippen molar-refractivity contribution in [1.29, 1.82) is 0 Å². The molecule has 12 heteroatoms. The molecule has 0 atom stereocenters. The number of aryl methyl sites for hydroxylation is 1. The van der Waals surface area contributed by atoms with Crippen LogP contribution in [-0.2, 0) is 17.1 Å². The predicted octanol–water partition coefficient (Wildman–Crippen LogP) is 0.686. The Labute approximate surface area is 178 Å². The van der Waals surface area contributed by atoms with Crippen LogP contribution in [0.3, 0.4) is 0 Å². The lowest BCUT2D eigenvalue weighted by atomic mass is 10.1. The van der Waals surface area contributed by atoms with Gasteiger partial charge in [0.05, 0.1) is 11.9 Å². The zero-order valence-corrected chi connectivity index (χ0v) is 17.5. The van der Waals surface area contributed by atoms with E-state index in [1.807, 2.05) is 12.1 Å². The number of piperazine rings is 1. The van der Waals surface area contributed by atoms with Crippen LogP contribution >= 0.6 is 0 Å². The number of carbonyl (C=O) groups is 1. The number of amides is 1. The molecule has 0 unspecified atom stereocenters. The van der Waals surface area contributed by atoms with Gasteiger partial charge in [-0.25, -0.2) is 8.42 Å². The van der Waals surface area contributed by atoms with Gasteiger partial charge in [-0.2, -0.15) is 14.5 Å². The van der Waals surface area contributed by atoms with E-state index in [9.17, 15) is 13.2 Å². The fourth-order valence-corrected chi connectivity index (χ4v) is 5.03. The maximum atomic E-state index is 12.9. The second kappa shape index (κ2) is 7.39. The lowest BCUT2D eigenvalue weighted by Crippen LogP contribution is -2.50. The molecule has 0 spiro atoms. The van der Waals surface area contributed by atoms with Crippen molar-refractivity contribution in [3.05, 3.63) is 42.4 Å². The molecule has 0 bridgehead atoms. The highest BCUT2D eigenvalue weighted by Crippen LogP contribution is 2.35. The summed E-state index contributed by atoms with van der Waals surface area (Å²) in [6, 6.07) is 7.14. The molecule has 1 fully saturated rings. The van der Waals surface area contributed by atoms with Gasteiger partial charge in [0, 0.05) is 45.0 Å². The molecule has 5 rings (SSSR count). The Morgan fingerprint density at radius 1 is 1.10 bits per heavy atom. The first-order valence-electron chi connectivity index (χ1n) is 9.65. The van der Waals surface area contributed by atoms with Crippen LogP contribution in [0.2, 0.25) is 0 Å². The van der Waals surface area contributed by atoms with Crippen LogP contribution in [-0.4, -0.2) is 76.5 Å². The van der Waals surface area contributed by atoms with E-state index in [-0.39, 0.29) is 43.8 Å². The van der Waals surface area contributed by atoms with Crippen LogP contribution in [0.4, 0.5) is 0 Å². The molecule has 31 heavy (non-hydrogen) atoms. The number of hydrogen-bond acceptors (Lipinski definition) is 7. The molecule has 162 valence electrons. The molecule has 1 N–H and O–H groups in total. The summed E-state index contributed by atoms with van der Waals surface area (Å²) in [5.74, 6) is 1.09. The van der Waals surface area contributed by atoms with Crippen LogP contribution in [0.25, 0.3) is 11.3 Å². The number of carbonyl (C=O) groups excluding carboxylic acids is 1. The maximum Gasteiger partial charge on any atom is 0.271 e. The summed E-state index contributed by atoms with van der Waals surface area (Å²) in [4.78, 5) is 14.7. The highest BCUT2D eigenvalue weighted by atomic mass is 32.2. The normalized spacial score (nSPS) is 16.6. The molecule has 2 aliphatic heterocycles. The number of nitrogens with zero attached hydrogens (tertiary/aromatic N) is 5. The Morgan fingerprint density at radius 2 is 1.87 bits per heavy atom. The van der Waals surface area contributed by atoms with Crippen molar-refractivity contribution in [3.8, 4) is 22.8 Å². The average Bonchev–Trinajstić information content (AvgIpc) is 3.53. The molecule has 11 nitrogen and oxygen atoms in total. The van der Waals surface area contributed by atoms with E-state index in [4.69, 9.17) is 9.47 Å². The number of aromatic nitrogens is 4. The second-order valence-corrected chi connectivity index (χ2v) is 9.22. The fourth-order valence-electron chi connectivity index (χ4n) is 3.62. The smallest absolute Gasteiger partial charge is 0.271 e. The summed E-state index contributed by atoms with van der Waals surface area (Å²) in [6.45, 7) is 1.19. The molecule has 4 heterocycles. The fraction of sp³-hybridized carbons (Fsp3) is 0.316. The highest BCUT2D eigenvalue weighted by Gasteiger charge is 2.31. The summed E-state index contributed by atoms with van der Waals surface area (Å²) in [7, 11) is -1.96. The van der Waals surface area contributed by atoms with E-state index in [1.54, 1.807) is 24.1 Å². The molecule has 0 aliphatic carbocycles. The molecule has 0 saturated carbocycles. The van der Waals surface area contributed by atoms with Gasteiger partial charge in [0.1, 0.15) is 10.6 Å². The number of nitrogens with one attached hydrogen (secondary N) is 1. The monoisotopic (exact) mass is 444 g/mol. The Balaban J connectivity index is 1.26. The largest absolute Gasteiger partial charge is 0.454 e. The first-order valence-corrected chi connectivity index (χ1v) is 11.1. The van der Waals surface area contributed by atoms with Gasteiger partial charge in [-0.05, 0) is 24.3 Å². The number of H-pyrrole nitrogens is 1. The summed E-state index contributed by atoms with van der Waals surface area (Å²) in [5.41, 5.74) is 1.75. The van der Waals surface area contributed by atoms with E-state index in [1.165, 1.54) is 21.4 Å². The average molecular weight is 444 g/mol. The molecular formula is C19H20N6O5S. The van der Waals surface area contributed by atoms with E-state index >= 15 is 0 Å². The van der Waals surface area contributed by atoms with Crippen molar-refractivity contribution in [1.82, 2.24) is 29.2 Å². The zero-order valence-electron chi connectivity index (χ0n) is 16.7. The minimum atomic E-state index is -3.62. The molecule has 1 saturated heterocycles. The maximum absolute atomic E-state index is 12.9. The van der Waals surface area contributed by atoms with Crippen LogP contribution in [0.15, 0.2) is 41.6 Å². The predicted molar refractivity (Wildman–Crippen MR) is 108 cm³/mol. The summed E-state index contributed by atoms with van der Waals surface area (Å²) in [6.07, 6.45) is 2.80. The van der Waals surface area contributed by atoms with Crippen LogP contribution in [0.5, 0.6) is 11.5 Å². The van der Waals surface area contributed by atoms with Crippen molar-refractivity contribution in [2.75, 3.05) is 33.0 Å². The van der Waals surface area contributed by atoms with Gasteiger partial charge in [-0.1, -0.05) is 0 Å². The number of hydrogen-bond donors (Lipinski definition) is 1. The summed E-state index contributed by atoms with van der Waals surface area (Å²) >= 11 is 0. The van der Waals surface area contributed by atoms with Crippen LogP contribution in [0, 0.1) is 0 Å². The SMILES string of the molecule is Cn1cc(S(=O)(=O)N2CCN(C(=O)c3cc(-c4ccc5c(c4)OCO5)n[nH]3)CC2)cn1. The van der Waals surface area contributed by atoms with Gasteiger partial charge in [-0.15, -0.1) is 0 Å². The van der Waals surface area contributed by atoms with Crippen molar-refractivity contribution < 1.29 is 22.7 Å². The van der Waals surface area contributed by atoms with Gasteiger partial charge < -0.3 is 14.4 Å². The topological polar surface area (TPSA) is 123 Å². The van der Waals surface area contributed by atoms with E-state index in [0.29, 0.717) is 22.9 Å². The second-order valence-electron chi connectivity index (χ2n) is 7.28. The van der Waals surface area contributed by atoms with Crippen molar-refractivity contribution in [3.63, 3.8) is 0 Å². The summed E-state index contributed by atoms with van der Waals surface area (Å²) < 4.78 is 39.0. The van der Waals surface area contributed by atoms with Crippen LogP contribution in [0.1, 0.15) is 10.5 Å². The third kappa shape index (κ3) is 3.53. The Kier molecular flexibility index (Phi) is 4.67. The molecule has 1 aromatic carbocycles. The minimum Gasteiger partial charge on any atom is -0.454 e. The molecule has 1 amide bonds. The first-order chi connectivity index (χ1) is 14.9. The van der Waals surface area contributed by atoms with E-state index in [2.05, 4.69) is 15.3 Å². The third-order valence-electron chi connectivity index (χ3n) is 5.32. The first kappa shape index (κ1) is 19.6. The number of benzene rings is 1. The van der Waals surface area contributed by atoms with E-state index < -0.39 is 10.0 Å². The quantitative estimate of drug-likeness (QED) is 0.628. The number of aromatic amines is 1. The minimum absolute atomic E-state index is 0.150. The Hall–Kier alpha value is -3.38. The van der Waals surface area contributed by atoms with Crippen molar-refractivity contribution >= 4 is 15.9 Å². The number of ether oxygens (including phenoxy) is 2. The van der Waals surface area contributed by atoms with E-state index in [0.717, 1.165) is 5.56 Å². The summed E-state index contributed by atoms with van der Waals surface area (Å²) in [5, 5.41) is 10.9.